The number of unbranched alkanes of at least 4 members (excludes halogenated alkanes) is 13. The molecule has 1 unspecified atom stereocenters. The van der Waals surface area contributed by atoms with Crippen molar-refractivity contribution in [3.05, 3.63) is 48.6 Å². The first-order valence-electron chi connectivity index (χ1n) is 19.8. The van der Waals surface area contributed by atoms with Crippen LogP contribution in [0, 0.1) is 0 Å². The summed E-state index contributed by atoms with van der Waals surface area (Å²) in [6, 6.07) is 0. The molecule has 0 bridgehead atoms. The molecule has 4 atom stereocenters. The van der Waals surface area contributed by atoms with Crippen molar-refractivity contribution < 1.29 is 47.8 Å². The zero-order chi connectivity index (χ0) is 38.5. The molecule has 5 N–H and O–H groups in total. The fourth-order valence-corrected chi connectivity index (χ4v) is 5.91. The zero-order valence-corrected chi connectivity index (χ0v) is 33.1. The highest BCUT2D eigenvalue weighted by Gasteiger charge is 2.26. The molecule has 302 valence electrons. The summed E-state index contributed by atoms with van der Waals surface area (Å²) in [5.74, 6) is -1.06. The smallest absolute Gasteiger partial charge is 0.462 e. The highest BCUT2D eigenvalue weighted by molar-refractivity contribution is 7.47. The van der Waals surface area contributed by atoms with Gasteiger partial charge in [0.05, 0.1) is 25.4 Å². The molecule has 0 amide bonds. The number of allylic oxidation sites excluding steroid dienone is 6. The van der Waals surface area contributed by atoms with Crippen molar-refractivity contribution >= 4 is 19.8 Å². The van der Waals surface area contributed by atoms with Crippen LogP contribution in [0.2, 0.25) is 0 Å². The largest absolute Gasteiger partial charge is 0.472 e. The Labute approximate surface area is 314 Å². The van der Waals surface area contributed by atoms with Crippen molar-refractivity contribution in [3.8, 4) is 0 Å². The van der Waals surface area contributed by atoms with Gasteiger partial charge in [-0.3, -0.25) is 18.6 Å². The molecule has 0 aromatic carbocycles. The van der Waals surface area contributed by atoms with Gasteiger partial charge in [-0.1, -0.05) is 152 Å². The van der Waals surface area contributed by atoms with Gasteiger partial charge in [0.25, 0.3) is 0 Å². The maximum atomic E-state index is 12.5. The molecule has 0 rings (SSSR count). The highest BCUT2D eigenvalue weighted by Crippen LogP contribution is 2.43. The van der Waals surface area contributed by atoms with Crippen LogP contribution in [0.15, 0.2) is 48.6 Å². The molecule has 0 saturated carbocycles. The first kappa shape index (κ1) is 49.9. The molecular formula is C40H72NO10P. The third-order valence-electron chi connectivity index (χ3n) is 8.18. The zero-order valence-electron chi connectivity index (χ0n) is 32.3. The fourth-order valence-electron chi connectivity index (χ4n) is 5.14. The lowest BCUT2D eigenvalue weighted by Gasteiger charge is -2.20. The monoisotopic (exact) mass is 757 g/mol. The number of aliphatic hydroxyl groups is 2. The third kappa shape index (κ3) is 34.9. The van der Waals surface area contributed by atoms with Crippen molar-refractivity contribution in [2.75, 3.05) is 26.4 Å². The Morgan fingerprint density at radius 2 is 1.15 bits per heavy atom. The van der Waals surface area contributed by atoms with Crippen molar-refractivity contribution in [2.45, 2.75) is 167 Å². The second-order valence-corrected chi connectivity index (χ2v) is 14.7. The van der Waals surface area contributed by atoms with E-state index < -0.39 is 44.7 Å². The Bertz CT molecular complexity index is 1030. The van der Waals surface area contributed by atoms with E-state index in [1.165, 1.54) is 51.4 Å². The van der Waals surface area contributed by atoms with E-state index in [0.717, 1.165) is 44.9 Å². The second-order valence-electron chi connectivity index (χ2n) is 13.2. The third-order valence-corrected chi connectivity index (χ3v) is 9.16. The van der Waals surface area contributed by atoms with E-state index in [0.29, 0.717) is 25.7 Å². The maximum Gasteiger partial charge on any atom is 0.472 e. The summed E-state index contributed by atoms with van der Waals surface area (Å²) in [5.41, 5.74) is 5.32. The van der Waals surface area contributed by atoms with Crippen LogP contribution in [0.25, 0.3) is 0 Å². The molecule has 0 aliphatic rings. The highest BCUT2D eigenvalue weighted by atomic mass is 31.2. The van der Waals surface area contributed by atoms with Crippen LogP contribution in [0.1, 0.15) is 149 Å². The number of esters is 2. The van der Waals surface area contributed by atoms with Crippen LogP contribution in [0.5, 0.6) is 0 Å². The van der Waals surface area contributed by atoms with Crippen LogP contribution in [0.4, 0.5) is 0 Å². The van der Waals surface area contributed by atoms with Gasteiger partial charge >= 0.3 is 19.8 Å². The van der Waals surface area contributed by atoms with Crippen LogP contribution in [-0.2, 0) is 32.7 Å². The number of nitrogens with two attached hydrogens (primary N) is 1. The van der Waals surface area contributed by atoms with Crippen molar-refractivity contribution in [1.29, 1.82) is 0 Å². The predicted molar refractivity (Wildman–Crippen MR) is 209 cm³/mol. The molecule has 0 radical (unpaired) electrons. The van der Waals surface area contributed by atoms with E-state index in [9.17, 15) is 29.3 Å². The summed E-state index contributed by atoms with van der Waals surface area (Å²) in [6.45, 7) is 3.34. The van der Waals surface area contributed by atoms with Gasteiger partial charge in [-0.2, -0.15) is 0 Å². The van der Waals surface area contributed by atoms with Crippen LogP contribution in [-0.4, -0.2) is 71.7 Å². The van der Waals surface area contributed by atoms with Gasteiger partial charge in [-0.15, -0.1) is 0 Å². The summed E-state index contributed by atoms with van der Waals surface area (Å²) in [6.07, 6.45) is 32.1. The second kappa shape index (κ2) is 35.9. The van der Waals surface area contributed by atoms with Gasteiger partial charge < -0.3 is 30.3 Å². The van der Waals surface area contributed by atoms with E-state index in [4.69, 9.17) is 24.3 Å². The predicted octanol–water partition coefficient (Wildman–Crippen LogP) is 8.71. The molecule has 0 heterocycles. The molecule has 0 aliphatic heterocycles. The Morgan fingerprint density at radius 1 is 0.654 bits per heavy atom. The van der Waals surface area contributed by atoms with E-state index in [1.54, 1.807) is 18.2 Å². The molecule has 11 nitrogen and oxygen atoms in total. The number of ether oxygens (including phenoxy) is 2. The Hall–Kier alpha value is -2.11. The number of hydrogen-bond acceptors (Lipinski definition) is 10. The van der Waals surface area contributed by atoms with Crippen molar-refractivity contribution in [3.63, 3.8) is 0 Å². The minimum absolute atomic E-state index is 0.0152. The van der Waals surface area contributed by atoms with Crippen LogP contribution in [0.3, 0.4) is 0 Å². The average molecular weight is 758 g/mol. The molecule has 12 heteroatoms. The summed E-state index contributed by atoms with van der Waals surface area (Å²) >= 11 is 0. The maximum absolute atomic E-state index is 12.5. The average Bonchev–Trinajstić information content (AvgIpc) is 3.11. The fraction of sp³-hybridized carbons (Fsp3) is 0.750. The lowest BCUT2D eigenvalue weighted by Crippen LogP contribution is -2.29. The molecule has 0 aromatic heterocycles. The topological polar surface area (TPSA) is 175 Å². The van der Waals surface area contributed by atoms with Crippen LogP contribution < -0.4 is 5.73 Å². The molecule has 0 spiro atoms. The first-order valence-corrected chi connectivity index (χ1v) is 21.3. The molecule has 0 aliphatic carbocycles. The summed E-state index contributed by atoms with van der Waals surface area (Å²) in [7, 11) is -4.44. The van der Waals surface area contributed by atoms with E-state index in [-0.39, 0.29) is 32.6 Å². The summed E-state index contributed by atoms with van der Waals surface area (Å²) < 4.78 is 32.5. The number of phosphoric ester groups is 1. The molecule has 0 aromatic rings. The molecular weight excluding hydrogens is 685 g/mol. The Balaban J connectivity index is 4.48. The van der Waals surface area contributed by atoms with E-state index in [2.05, 4.69) is 13.8 Å². The van der Waals surface area contributed by atoms with E-state index in [1.807, 2.05) is 30.4 Å². The Kier molecular flexibility index (Phi) is 34.4. The van der Waals surface area contributed by atoms with Gasteiger partial charge in [0.1, 0.15) is 6.61 Å². The van der Waals surface area contributed by atoms with Crippen LogP contribution >= 0.6 is 7.82 Å². The van der Waals surface area contributed by atoms with E-state index >= 15 is 0 Å². The SMILES string of the molecule is CCCCCCCCCCCCCCC(=O)OC[C@H](COP(=O)(O)OCCN)OC(=O)CCC[C@H](O)/C=C/C=C\C/C=C\C=C\[C@H](O)CCCCC. The van der Waals surface area contributed by atoms with Gasteiger partial charge in [-0.25, -0.2) is 4.57 Å². The number of carbonyl (C=O) groups excluding carboxylic acids is 2. The van der Waals surface area contributed by atoms with Gasteiger partial charge in [0.15, 0.2) is 6.10 Å². The molecule has 0 saturated heterocycles. The van der Waals surface area contributed by atoms with Crippen molar-refractivity contribution in [1.82, 2.24) is 0 Å². The normalized spacial score (nSPS) is 15.1. The first-order chi connectivity index (χ1) is 25.1. The molecule has 52 heavy (non-hydrogen) atoms. The number of aliphatic hydroxyl groups excluding tert-OH is 2. The van der Waals surface area contributed by atoms with Gasteiger partial charge in [0, 0.05) is 19.4 Å². The minimum atomic E-state index is -4.44. The summed E-state index contributed by atoms with van der Waals surface area (Å²) in [5, 5.41) is 20.1. The van der Waals surface area contributed by atoms with Crippen molar-refractivity contribution in [2.24, 2.45) is 5.73 Å². The lowest BCUT2D eigenvalue weighted by atomic mass is 10.0. The number of phosphoric acid groups is 1. The number of hydrogen-bond donors (Lipinski definition) is 4. The number of rotatable bonds is 36. The molecule has 0 fully saturated rings. The van der Waals surface area contributed by atoms with Gasteiger partial charge in [-0.05, 0) is 32.1 Å². The number of carbonyl (C=O) groups is 2. The standard InChI is InChI=1S/C40H72NO10P/c1-3-5-7-8-9-10-11-12-13-17-20-24-30-39(44)48-34-38(35-50-52(46,47)49-33-32-41)51-40(45)31-25-29-37(43)28-23-19-16-14-15-18-22-27-36(42)26-21-6-4-2/h15-16,18-19,22-23,27-28,36-38,42-43H,3-14,17,20-21,24-26,29-35,41H2,1-2H3,(H,46,47)/b18-15-,19-16-,27-22+,28-23+/t36-,37-,38-/m1/s1. The summed E-state index contributed by atoms with van der Waals surface area (Å²) in [4.78, 5) is 34.7. The minimum Gasteiger partial charge on any atom is -0.462 e. The Morgan fingerprint density at radius 3 is 1.71 bits per heavy atom. The quantitative estimate of drug-likeness (QED) is 0.0208. The lowest BCUT2D eigenvalue weighted by molar-refractivity contribution is -0.161. The van der Waals surface area contributed by atoms with Gasteiger partial charge in [0.2, 0.25) is 0 Å².